The highest BCUT2D eigenvalue weighted by atomic mass is 35.5. The molecule has 0 saturated carbocycles. The van der Waals surface area contributed by atoms with E-state index >= 15 is 0 Å². The molecule has 7 heteroatoms. The van der Waals surface area contributed by atoms with E-state index in [9.17, 15) is 18.0 Å². The second-order valence-corrected chi connectivity index (χ2v) is 7.67. The molecule has 1 aromatic rings. The fourth-order valence-electron chi connectivity index (χ4n) is 3.88. The van der Waals surface area contributed by atoms with Crippen LogP contribution >= 0.6 is 11.6 Å². The molecule has 148 valence electrons. The Balaban J connectivity index is 1.65. The van der Waals surface area contributed by atoms with E-state index in [-0.39, 0.29) is 17.0 Å². The Bertz CT molecular complexity index is 699. The summed E-state index contributed by atoms with van der Waals surface area (Å²) in [4.78, 5) is 16.9. The van der Waals surface area contributed by atoms with Crippen molar-refractivity contribution < 1.29 is 18.0 Å². The first-order valence-electron chi connectivity index (χ1n) is 9.42. The predicted molar refractivity (Wildman–Crippen MR) is 101 cm³/mol. The molecule has 27 heavy (non-hydrogen) atoms. The molecule has 0 radical (unpaired) electrons. The summed E-state index contributed by atoms with van der Waals surface area (Å²) in [6, 6.07) is 3.86. The number of rotatable bonds is 4. The van der Waals surface area contributed by atoms with Gasteiger partial charge in [0.1, 0.15) is 0 Å². The van der Waals surface area contributed by atoms with E-state index < -0.39 is 11.7 Å². The molecule has 2 aliphatic rings. The molecular weight excluding hydrogens is 377 g/mol. The number of hydrogen-bond acceptors (Lipinski definition) is 2. The Morgan fingerprint density at radius 2 is 1.89 bits per heavy atom. The Morgan fingerprint density at radius 3 is 2.59 bits per heavy atom. The van der Waals surface area contributed by atoms with E-state index in [0.717, 1.165) is 38.5 Å². The van der Waals surface area contributed by atoms with E-state index in [0.29, 0.717) is 12.1 Å². The number of likely N-dealkylation sites (tertiary alicyclic amines) is 2. The average molecular weight is 401 g/mol. The Kier molecular flexibility index (Phi) is 6.48. The maximum Gasteiger partial charge on any atom is 0.417 e. The minimum absolute atomic E-state index is 0.141. The van der Waals surface area contributed by atoms with Crippen LogP contribution in [0.15, 0.2) is 24.3 Å². The van der Waals surface area contributed by atoms with Gasteiger partial charge in [0, 0.05) is 25.2 Å². The van der Waals surface area contributed by atoms with Crippen LogP contribution in [0.2, 0.25) is 5.02 Å². The normalized spacial score (nSPS) is 21.9. The molecule has 1 atom stereocenters. The van der Waals surface area contributed by atoms with Crippen molar-refractivity contribution in [2.45, 2.75) is 44.3 Å². The number of nitrogens with zero attached hydrogens (tertiary/aromatic N) is 2. The monoisotopic (exact) mass is 400 g/mol. The molecule has 0 aliphatic carbocycles. The molecule has 1 amide bonds. The highest BCUT2D eigenvalue weighted by molar-refractivity contribution is 6.31. The summed E-state index contributed by atoms with van der Waals surface area (Å²) in [5, 5.41) is -0.341. The summed E-state index contributed by atoms with van der Waals surface area (Å²) >= 11 is 5.63. The molecule has 3 rings (SSSR count). The van der Waals surface area contributed by atoms with E-state index in [1.54, 1.807) is 0 Å². The van der Waals surface area contributed by atoms with Crippen LogP contribution in [0.3, 0.4) is 0 Å². The number of hydrogen-bond donors (Lipinski definition) is 0. The molecule has 1 aromatic carbocycles. The summed E-state index contributed by atoms with van der Waals surface area (Å²) in [5.74, 6) is -0.141. The van der Waals surface area contributed by atoms with Crippen LogP contribution in [0.25, 0.3) is 6.08 Å². The van der Waals surface area contributed by atoms with Crippen molar-refractivity contribution in [3.63, 3.8) is 0 Å². The van der Waals surface area contributed by atoms with Gasteiger partial charge in [0.2, 0.25) is 5.91 Å². The third kappa shape index (κ3) is 5.26. The zero-order valence-electron chi connectivity index (χ0n) is 15.1. The fourth-order valence-corrected chi connectivity index (χ4v) is 4.11. The summed E-state index contributed by atoms with van der Waals surface area (Å²) in [6.07, 6.45) is 3.93. The number of carbonyl (C=O) groups excluding carboxylic acids is 1. The first-order valence-corrected chi connectivity index (χ1v) is 9.80. The van der Waals surface area contributed by atoms with Crippen LogP contribution in [-0.4, -0.2) is 47.9 Å². The van der Waals surface area contributed by atoms with Crippen LogP contribution in [0.4, 0.5) is 13.2 Å². The third-order valence-electron chi connectivity index (χ3n) is 5.29. The Labute approximate surface area is 162 Å². The zero-order valence-corrected chi connectivity index (χ0v) is 15.9. The SMILES string of the molecule is O=C(C=Cc1ccc(Cl)c(C(F)(F)F)c1)N1CCCC1CN1CCCCC1. The second-order valence-electron chi connectivity index (χ2n) is 7.26. The van der Waals surface area contributed by atoms with Gasteiger partial charge < -0.3 is 9.80 Å². The Morgan fingerprint density at radius 1 is 1.15 bits per heavy atom. The fraction of sp³-hybridized carbons (Fsp3) is 0.550. The van der Waals surface area contributed by atoms with Crippen molar-refractivity contribution >= 4 is 23.6 Å². The number of halogens is 4. The molecule has 2 heterocycles. The summed E-state index contributed by atoms with van der Waals surface area (Å²) in [7, 11) is 0. The molecular formula is C20H24ClF3N2O. The number of alkyl halides is 3. The minimum Gasteiger partial charge on any atom is -0.335 e. The van der Waals surface area contributed by atoms with Gasteiger partial charge in [-0.3, -0.25) is 4.79 Å². The molecule has 0 N–H and O–H groups in total. The smallest absolute Gasteiger partial charge is 0.335 e. The lowest BCUT2D eigenvalue weighted by molar-refractivity contribution is -0.137. The first-order chi connectivity index (χ1) is 12.8. The minimum atomic E-state index is -4.51. The lowest BCUT2D eigenvalue weighted by atomic mass is 10.1. The lowest BCUT2D eigenvalue weighted by Gasteiger charge is -2.32. The average Bonchev–Trinajstić information content (AvgIpc) is 3.09. The third-order valence-corrected chi connectivity index (χ3v) is 5.62. The van der Waals surface area contributed by atoms with E-state index in [4.69, 9.17) is 11.6 Å². The van der Waals surface area contributed by atoms with E-state index in [2.05, 4.69) is 4.90 Å². The van der Waals surface area contributed by atoms with Gasteiger partial charge in [-0.25, -0.2) is 0 Å². The van der Waals surface area contributed by atoms with Gasteiger partial charge in [-0.2, -0.15) is 13.2 Å². The molecule has 3 nitrogen and oxygen atoms in total. The summed E-state index contributed by atoms with van der Waals surface area (Å²) in [5.41, 5.74) is -0.574. The van der Waals surface area contributed by atoms with Crippen molar-refractivity contribution in [2.75, 3.05) is 26.2 Å². The van der Waals surface area contributed by atoms with Gasteiger partial charge in [-0.15, -0.1) is 0 Å². The second kappa shape index (κ2) is 8.65. The molecule has 2 fully saturated rings. The predicted octanol–water partition coefficient (Wildman–Crippen LogP) is 4.85. The number of piperidine rings is 1. The van der Waals surface area contributed by atoms with Crippen molar-refractivity contribution in [3.05, 3.63) is 40.4 Å². The van der Waals surface area contributed by atoms with Gasteiger partial charge in [0.05, 0.1) is 10.6 Å². The van der Waals surface area contributed by atoms with E-state index in [1.165, 1.54) is 43.5 Å². The molecule has 0 bridgehead atoms. The van der Waals surface area contributed by atoms with Gasteiger partial charge in [0.15, 0.2) is 0 Å². The highest BCUT2D eigenvalue weighted by Gasteiger charge is 2.33. The van der Waals surface area contributed by atoms with Gasteiger partial charge in [-0.05, 0) is 62.5 Å². The van der Waals surface area contributed by atoms with Crippen molar-refractivity contribution in [1.29, 1.82) is 0 Å². The largest absolute Gasteiger partial charge is 0.417 e. The van der Waals surface area contributed by atoms with Crippen molar-refractivity contribution in [3.8, 4) is 0 Å². The maximum atomic E-state index is 13.0. The van der Waals surface area contributed by atoms with Gasteiger partial charge in [0.25, 0.3) is 0 Å². The van der Waals surface area contributed by atoms with Gasteiger partial charge >= 0.3 is 6.18 Å². The zero-order chi connectivity index (χ0) is 19.4. The van der Waals surface area contributed by atoms with E-state index in [1.807, 2.05) is 4.90 Å². The van der Waals surface area contributed by atoms with Crippen LogP contribution in [0.1, 0.15) is 43.2 Å². The first kappa shape index (κ1) is 20.2. The molecule has 1 unspecified atom stereocenters. The molecule has 2 saturated heterocycles. The number of carbonyl (C=O) groups is 1. The number of benzene rings is 1. The topological polar surface area (TPSA) is 23.6 Å². The maximum absolute atomic E-state index is 13.0. The molecule has 0 aromatic heterocycles. The standard InChI is InChI=1S/C20H24ClF3N2O/c21-18-8-6-15(13-17(18)20(22,23)24)7-9-19(27)26-12-4-5-16(26)14-25-10-2-1-3-11-25/h6-9,13,16H,1-5,10-12,14H2. The highest BCUT2D eigenvalue weighted by Crippen LogP contribution is 2.35. The quantitative estimate of drug-likeness (QED) is 0.674. The van der Waals surface area contributed by atoms with Crippen LogP contribution in [0.5, 0.6) is 0 Å². The molecule has 0 spiro atoms. The van der Waals surface area contributed by atoms with Crippen molar-refractivity contribution in [1.82, 2.24) is 9.80 Å². The number of amides is 1. The summed E-state index contributed by atoms with van der Waals surface area (Å²) < 4.78 is 38.9. The van der Waals surface area contributed by atoms with Crippen LogP contribution in [-0.2, 0) is 11.0 Å². The van der Waals surface area contributed by atoms with Gasteiger partial charge in [-0.1, -0.05) is 24.1 Å². The molecule has 2 aliphatic heterocycles. The Hall–Kier alpha value is -1.53. The van der Waals surface area contributed by atoms with Crippen LogP contribution in [0, 0.1) is 0 Å². The lowest BCUT2D eigenvalue weighted by Crippen LogP contribution is -2.44. The van der Waals surface area contributed by atoms with Crippen molar-refractivity contribution in [2.24, 2.45) is 0 Å². The summed E-state index contributed by atoms with van der Waals surface area (Å²) in [6.45, 7) is 3.76. The van der Waals surface area contributed by atoms with Crippen LogP contribution < -0.4 is 0 Å².